The van der Waals surface area contributed by atoms with Gasteiger partial charge in [-0.3, -0.25) is 4.40 Å². The number of nitrogens with two attached hydrogens (primary N) is 1. The molecule has 5 heteroatoms. The van der Waals surface area contributed by atoms with Gasteiger partial charge < -0.3 is 10.2 Å². The zero-order valence-electron chi connectivity index (χ0n) is 9.21. The van der Waals surface area contributed by atoms with Crippen LogP contribution in [0.15, 0.2) is 41.5 Å². The second-order valence-electron chi connectivity index (χ2n) is 3.79. The minimum atomic E-state index is 0.591. The molecule has 3 rings (SSSR count). The highest BCUT2D eigenvalue weighted by atomic mass is 16.3. The summed E-state index contributed by atoms with van der Waals surface area (Å²) in [7, 11) is 0. The van der Waals surface area contributed by atoms with Crippen molar-refractivity contribution < 1.29 is 4.42 Å². The Morgan fingerprint density at radius 2 is 2.35 bits per heavy atom. The topological polar surface area (TPSA) is 69.3 Å². The Bertz CT molecular complexity index is 627. The number of rotatable bonds is 3. The number of hydrogen-bond donors (Lipinski definition) is 1. The van der Waals surface area contributed by atoms with Crippen LogP contribution in [0.3, 0.4) is 0 Å². The first kappa shape index (κ1) is 10.0. The predicted molar refractivity (Wildman–Crippen MR) is 63.4 cm³/mol. The van der Waals surface area contributed by atoms with Crippen LogP contribution in [-0.4, -0.2) is 20.9 Å². The highest BCUT2D eigenvalue weighted by Crippen LogP contribution is 2.23. The van der Waals surface area contributed by atoms with Crippen molar-refractivity contribution in [3.05, 3.63) is 42.8 Å². The van der Waals surface area contributed by atoms with Crippen LogP contribution in [0.1, 0.15) is 5.69 Å². The van der Waals surface area contributed by atoms with Gasteiger partial charge in [0, 0.05) is 18.8 Å². The SMILES string of the molecule is NCCc1cn2cncc(-c3ccco3)c2n1. The first-order valence-corrected chi connectivity index (χ1v) is 5.44. The Morgan fingerprint density at radius 1 is 1.41 bits per heavy atom. The van der Waals surface area contributed by atoms with Gasteiger partial charge in [0.05, 0.1) is 17.5 Å². The third-order valence-electron chi connectivity index (χ3n) is 2.60. The van der Waals surface area contributed by atoms with Gasteiger partial charge in [0.25, 0.3) is 0 Å². The summed E-state index contributed by atoms with van der Waals surface area (Å²) in [5.41, 5.74) is 8.23. The first-order chi connectivity index (χ1) is 8.38. The average Bonchev–Trinajstić information content (AvgIpc) is 2.97. The molecule has 0 aliphatic rings. The maximum atomic E-state index is 5.53. The first-order valence-electron chi connectivity index (χ1n) is 5.44. The van der Waals surface area contributed by atoms with Gasteiger partial charge in [-0.1, -0.05) is 0 Å². The molecule has 0 bridgehead atoms. The van der Waals surface area contributed by atoms with Gasteiger partial charge in [-0.2, -0.15) is 0 Å². The minimum absolute atomic E-state index is 0.591. The van der Waals surface area contributed by atoms with E-state index in [1.165, 1.54) is 0 Å². The fraction of sp³-hybridized carbons (Fsp3) is 0.167. The molecule has 0 aliphatic heterocycles. The van der Waals surface area contributed by atoms with Crippen molar-refractivity contribution in [1.29, 1.82) is 0 Å². The maximum Gasteiger partial charge on any atom is 0.150 e. The zero-order valence-corrected chi connectivity index (χ0v) is 9.21. The third kappa shape index (κ3) is 1.70. The van der Waals surface area contributed by atoms with Gasteiger partial charge in [-0.05, 0) is 18.7 Å². The predicted octanol–water partition coefficient (Wildman–Crippen LogP) is 1.49. The fourth-order valence-corrected chi connectivity index (χ4v) is 1.84. The van der Waals surface area contributed by atoms with Gasteiger partial charge in [0.1, 0.15) is 12.1 Å². The lowest BCUT2D eigenvalue weighted by Gasteiger charge is -1.98. The molecule has 0 radical (unpaired) electrons. The Balaban J connectivity index is 2.18. The summed E-state index contributed by atoms with van der Waals surface area (Å²) < 4.78 is 7.27. The maximum absolute atomic E-state index is 5.53. The lowest BCUT2D eigenvalue weighted by molar-refractivity contribution is 0.582. The molecule has 3 aromatic heterocycles. The molecule has 0 saturated carbocycles. The van der Waals surface area contributed by atoms with Crippen LogP contribution in [0.4, 0.5) is 0 Å². The van der Waals surface area contributed by atoms with E-state index in [-0.39, 0.29) is 0 Å². The second kappa shape index (κ2) is 4.03. The molecule has 3 heterocycles. The van der Waals surface area contributed by atoms with E-state index in [0.717, 1.165) is 29.1 Å². The van der Waals surface area contributed by atoms with E-state index >= 15 is 0 Å². The highest BCUT2D eigenvalue weighted by molar-refractivity contribution is 5.73. The number of nitrogens with zero attached hydrogens (tertiary/aromatic N) is 3. The van der Waals surface area contributed by atoms with Crippen LogP contribution in [0.5, 0.6) is 0 Å². The molecule has 0 aromatic carbocycles. The Morgan fingerprint density at radius 3 is 3.12 bits per heavy atom. The van der Waals surface area contributed by atoms with Crippen molar-refractivity contribution in [1.82, 2.24) is 14.4 Å². The molecule has 0 fully saturated rings. The van der Waals surface area contributed by atoms with Gasteiger partial charge in [0.2, 0.25) is 0 Å². The van der Waals surface area contributed by atoms with Gasteiger partial charge in [-0.15, -0.1) is 0 Å². The van der Waals surface area contributed by atoms with Crippen LogP contribution >= 0.6 is 0 Å². The quantitative estimate of drug-likeness (QED) is 0.737. The average molecular weight is 228 g/mol. The molecule has 2 N–H and O–H groups in total. The lowest BCUT2D eigenvalue weighted by Crippen LogP contribution is -2.02. The number of hydrogen-bond acceptors (Lipinski definition) is 4. The van der Waals surface area contributed by atoms with Crippen molar-refractivity contribution in [2.24, 2.45) is 5.73 Å². The van der Waals surface area contributed by atoms with Gasteiger partial charge >= 0.3 is 0 Å². The van der Waals surface area contributed by atoms with Crippen molar-refractivity contribution in [3.63, 3.8) is 0 Å². The molecule has 0 spiro atoms. The molecule has 0 amide bonds. The summed E-state index contributed by atoms with van der Waals surface area (Å²) in [5, 5.41) is 0. The number of fused-ring (bicyclic) bond motifs is 1. The van der Waals surface area contributed by atoms with Crippen LogP contribution in [0.25, 0.3) is 17.0 Å². The minimum Gasteiger partial charge on any atom is -0.464 e. The van der Waals surface area contributed by atoms with E-state index in [1.807, 2.05) is 22.7 Å². The molecule has 5 nitrogen and oxygen atoms in total. The fourth-order valence-electron chi connectivity index (χ4n) is 1.84. The number of aromatic nitrogens is 3. The zero-order chi connectivity index (χ0) is 11.7. The summed E-state index contributed by atoms with van der Waals surface area (Å²) in [6, 6.07) is 3.75. The molecule has 17 heavy (non-hydrogen) atoms. The number of furan rings is 1. The van der Waals surface area contributed by atoms with Crippen molar-refractivity contribution in [3.8, 4) is 11.3 Å². The molecule has 0 saturated heterocycles. The molecule has 0 atom stereocenters. The summed E-state index contributed by atoms with van der Waals surface area (Å²) in [4.78, 5) is 8.72. The molecule has 0 unspecified atom stereocenters. The molecule has 3 aromatic rings. The van der Waals surface area contributed by atoms with E-state index < -0.39 is 0 Å². The normalized spacial score (nSPS) is 11.1. The Labute approximate surface area is 97.9 Å². The third-order valence-corrected chi connectivity index (χ3v) is 2.60. The van der Waals surface area contributed by atoms with E-state index in [2.05, 4.69) is 9.97 Å². The Kier molecular flexibility index (Phi) is 2.38. The second-order valence-corrected chi connectivity index (χ2v) is 3.79. The van der Waals surface area contributed by atoms with E-state index in [1.54, 1.807) is 18.8 Å². The van der Waals surface area contributed by atoms with Crippen molar-refractivity contribution in [2.45, 2.75) is 6.42 Å². The molecular formula is C12H12N4O. The number of imidazole rings is 1. The van der Waals surface area contributed by atoms with E-state index in [9.17, 15) is 0 Å². The van der Waals surface area contributed by atoms with Crippen LogP contribution in [0.2, 0.25) is 0 Å². The van der Waals surface area contributed by atoms with Crippen molar-refractivity contribution >= 4 is 5.65 Å². The van der Waals surface area contributed by atoms with Crippen LogP contribution in [-0.2, 0) is 6.42 Å². The lowest BCUT2D eigenvalue weighted by atomic mass is 10.2. The van der Waals surface area contributed by atoms with Crippen molar-refractivity contribution in [2.75, 3.05) is 6.54 Å². The largest absolute Gasteiger partial charge is 0.464 e. The van der Waals surface area contributed by atoms with Crippen LogP contribution in [0, 0.1) is 0 Å². The molecule has 86 valence electrons. The monoisotopic (exact) mass is 228 g/mol. The van der Waals surface area contributed by atoms with Crippen LogP contribution < -0.4 is 5.73 Å². The van der Waals surface area contributed by atoms with E-state index in [0.29, 0.717) is 6.54 Å². The summed E-state index contributed by atoms with van der Waals surface area (Å²) >= 11 is 0. The summed E-state index contributed by atoms with van der Waals surface area (Å²) in [6.07, 6.45) is 7.84. The summed E-state index contributed by atoms with van der Waals surface area (Å²) in [5.74, 6) is 0.771. The summed E-state index contributed by atoms with van der Waals surface area (Å²) in [6.45, 7) is 0.591. The smallest absolute Gasteiger partial charge is 0.150 e. The van der Waals surface area contributed by atoms with Gasteiger partial charge in [-0.25, -0.2) is 9.97 Å². The highest BCUT2D eigenvalue weighted by Gasteiger charge is 2.10. The molecule has 0 aliphatic carbocycles. The van der Waals surface area contributed by atoms with Gasteiger partial charge in [0.15, 0.2) is 5.65 Å². The standard InChI is InChI=1S/C12H12N4O/c13-4-3-9-7-16-8-14-6-10(12(16)15-9)11-2-1-5-17-11/h1-2,5-8H,3-4,13H2. The Hall–Kier alpha value is -2.14. The van der Waals surface area contributed by atoms with E-state index in [4.69, 9.17) is 10.2 Å². The molecular weight excluding hydrogens is 216 g/mol.